The summed E-state index contributed by atoms with van der Waals surface area (Å²) in [6, 6.07) is 5.70. The van der Waals surface area contributed by atoms with Crippen LogP contribution in [0.25, 0.3) is 0 Å². The largest absolute Gasteiger partial charge is 0.465 e. The summed E-state index contributed by atoms with van der Waals surface area (Å²) in [4.78, 5) is 27.6. The van der Waals surface area contributed by atoms with Crippen molar-refractivity contribution in [1.29, 1.82) is 0 Å². The van der Waals surface area contributed by atoms with E-state index in [2.05, 4.69) is 20.3 Å². The number of fused-ring (bicyclic) bond motifs is 1. The first-order valence-electron chi connectivity index (χ1n) is 8.85. The van der Waals surface area contributed by atoms with Gasteiger partial charge in [0.15, 0.2) is 0 Å². The maximum atomic E-state index is 12.4. The average molecular weight is 394 g/mol. The van der Waals surface area contributed by atoms with Crippen LogP contribution < -0.4 is 15.4 Å². The number of rotatable bonds is 5. The molecule has 1 saturated carbocycles. The van der Waals surface area contributed by atoms with Crippen LogP contribution in [0.2, 0.25) is 0 Å². The summed E-state index contributed by atoms with van der Waals surface area (Å²) in [5.74, 6) is -0.881. The average Bonchev–Trinajstić information content (AvgIpc) is 2.64. The van der Waals surface area contributed by atoms with E-state index in [0.717, 1.165) is 32.1 Å². The topological polar surface area (TPSA) is 137 Å². The minimum Gasteiger partial charge on any atom is -0.465 e. The molecule has 10 heteroatoms. The fourth-order valence-corrected chi connectivity index (χ4v) is 4.67. The standard InChI is InChI=1S/C17H22N4O5S/c22-16(15-19-12-8-4-5-9-14(12)27(25,26)21-15)18-10-13(20-17(23)24)11-6-2-1-3-7-11/h4-5,8-9,11,13,20H,1-3,6-7,10H2,(H,18,22)(H,19,21)(H,23,24). The lowest BCUT2D eigenvalue weighted by Crippen LogP contribution is -2.51. The number of carbonyl (C=O) groups is 2. The van der Waals surface area contributed by atoms with E-state index in [4.69, 9.17) is 5.11 Å². The molecule has 9 nitrogen and oxygen atoms in total. The van der Waals surface area contributed by atoms with Gasteiger partial charge < -0.3 is 15.7 Å². The van der Waals surface area contributed by atoms with Crippen LogP contribution in [0.5, 0.6) is 0 Å². The van der Waals surface area contributed by atoms with E-state index >= 15 is 0 Å². The summed E-state index contributed by atoms with van der Waals surface area (Å²) >= 11 is 0. The molecule has 1 aliphatic carbocycles. The molecule has 3 rings (SSSR count). The third-order valence-electron chi connectivity index (χ3n) is 4.84. The van der Waals surface area contributed by atoms with Crippen LogP contribution in [-0.2, 0) is 14.8 Å². The van der Waals surface area contributed by atoms with Crippen LogP contribution in [0.3, 0.4) is 0 Å². The Labute approximate surface area is 157 Å². The Bertz CT molecular complexity index is 862. The number of nitrogens with zero attached hydrogens (tertiary/aromatic N) is 1. The van der Waals surface area contributed by atoms with Crippen molar-refractivity contribution in [2.24, 2.45) is 10.9 Å². The van der Waals surface area contributed by atoms with E-state index in [1.165, 1.54) is 12.1 Å². The van der Waals surface area contributed by atoms with Gasteiger partial charge in [0.1, 0.15) is 4.90 Å². The van der Waals surface area contributed by atoms with Crippen molar-refractivity contribution >= 4 is 33.5 Å². The number of hydrogen-bond acceptors (Lipinski definition) is 5. The minimum absolute atomic E-state index is 0.00850. The molecule has 0 spiro atoms. The van der Waals surface area contributed by atoms with E-state index < -0.39 is 28.1 Å². The third-order valence-corrected chi connectivity index (χ3v) is 6.23. The number of benzene rings is 1. The Morgan fingerprint density at radius 3 is 2.63 bits per heavy atom. The van der Waals surface area contributed by atoms with E-state index in [-0.39, 0.29) is 28.9 Å². The lowest BCUT2D eigenvalue weighted by atomic mass is 9.84. The maximum Gasteiger partial charge on any atom is 0.404 e. The lowest BCUT2D eigenvalue weighted by molar-refractivity contribution is -0.115. The summed E-state index contributed by atoms with van der Waals surface area (Å²) in [5.41, 5.74) is 0.189. The highest BCUT2D eigenvalue weighted by molar-refractivity contribution is 7.90. The summed E-state index contributed by atoms with van der Waals surface area (Å²) in [5, 5.41) is 14.1. The van der Waals surface area contributed by atoms with Gasteiger partial charge in [0.2, 0.25) is 5.84 Å². The molecule has 0 aromatic heterocycles. The van der Waals surface area contributed by atoms with Crippen LogP contribution in [0.15, 0.2) is 34.2 Å². The molecule has 0 radical (unpaired) electrons. The fraction of sp³-hybridized carbons (Fsp3) is 0.471. The van der Waals surface area contributed by atoms with Crippen molar-refractivity contribution in [3.8, 4) is 0 Å². The van der Waals surface area contributed by atoms with E-state index in [1.807, 2.05) is 0 Å². The highest BCUT2D eigenvalue weighted by atomic mass is 32.2. The predicted molar refractivity (Wildman–Crippen MR) is 98.4 cm³/mol. The van der Waals surface area contributed by atoms with Crippen LogP contribution in [0.1, 0.15) is 32.1 Å². The SMILES string of the molecule is O=C(O)NC(CNC(=O)C1=Nc2ccccc2S(=O)(=O)N1)C1CCCCC1. The first kappa shape index (κ1) is 19.2. The smallest absolute Gasteiger partial charge is 0.404 e. The number of amides is 2. The van der Waals surface area contributed by atoms with Gasteiger partial charge in [-0.1, -0.05) is 31.4 Å². The number of hydrogen-bond donors (Lipinski definition) is 4. The first-order valence-corrected chi connectivity index (χ1v) is 10.3. The summed E-state index contributed by atoms with van der Waals surface area (Å²) in [7, 11) is -3.87. The Balaban J connectivity index is 1.70. The number of aliphatic imine (C=N–C) groups is 1. The van der Waals surface area contributed by atoms with Crippen LogP contribution in [0.4, 0.5) is 10.5 Å². The molecule has 1 fully saturated rings. The molecule has 1 heterocycles. The molecule has 0 bridgehead atoms. The molecule has 2 aliphatic rings. The number of amidine groups is 1. The predicted octanol–water partition coefficient (Wildman–Crippen LogP) is 1.34. The van der Waals surface area contributed by atoms with Gasteiger partial charge in [-0.25, -0.2) is 18.2 Å². The Hall–Kier alpha value is -2.62. The maximum absolute atomic E-state index is 12.4. The molecular formula is C17H22N4O5S. The van der Waals surface area contributed by atoms with Crippen molar-refractivity contribution < 1.29 is 23.1 Å². The Morgan fingerprint density at radius 1 is 1.22 bits per heavy atom. The molecule has 1 aromatic carbocycles. The Morgan fingerprint density at radius 2 is 1.93 bits per heavy atom. The second kappa shape index (κ2) is 7.95. The molecule has 1 atom stereocenters. The first-order chi connectivity index (χ1) is 12.9. The molecule has 0 saturated heterocycles. The molecule has 1 unspecified atom stereocenters. The number of sulfonamides is 1. The highest BCUT2D eigenvalue weighted by Crippen LogP contribution is 2.27. The van der Waals surface area contributed by atoms with Gasteiger partial charge in [-0.15, -0.1) is 0 Å². The van der Waals surface area contributed by atoms with Crippen molar-refractivity contribution in [1.82, 2.24) is 15.4 Å². The van der Waals surface area contributed by atoms with Gasteiger partial charge in [-0.05, 0) is 30.9 Å². The Kier molecular flexibility index (Phi) is 5.64. The zero-order valence-corrected chi connectivity index (χ0v) is 15.5. The molecule has 4 N–H and O–H groups in total. The van der Waals surface area contributed by atoms with Crippen molar-refractivity contribution in [2.75, 3.05) is 6.54 Å². The fourth-order valence-electron chi connectivity index (χ4n) is 3.52. The van der Waals surface area contributed by atoms with Crippen molar-refractivity contribution in [3.05, 3.63) is 24.3 Å². The van der Waals surface area contributed by atoms with Gasteiger partial charge in [0.25, 0.3) is 15.9 Å². The minimum atomic E-state index is -3.87. The zero-order chi connectivity index (χ0) is 19.4. The molecule has 2 amide bonds. The number of nitrogens with one attached hydrogen (secondary N) is 3. The van der Waals surface area contributed by atoms with Crippen LogP contribution in [0, 0.1) is 5.92 Å². The van der Waals surface area contributed by atoms with E-state index in [1.54, 1.807) is 12.1 Å². The number of carbonyl (C=O) groups excluding carboxylic acids is 1. The van der Waals surface area contributed by atoms with E-state index in [0.29, 0.717) is 0 Å². The molecular weight excluding hydrogens is 372 g/mol. The quantitative estimate of drug-likeness (QED) is 0.597. The van der Waals surface area contributed by atoms with Gasteiger partial charge in [-0.3, -0.25) is 9.52 Å². The molecule has 1 aliphatic heterocycles. The van der Waals surface area contributed by atoms with Crippen LogP contribution in [-0.4, -0.2) is 43.9 Å². The monoisotopic (exact) mass is 394 g/mol. The van der Waals surface area contributed by atoms with Gasteiger partial charge in [-0.2, -0.15) is 0 Å². The summed E-state index contributed by atoms with van der Waals surface area (Å²) < 4.78 is 26.7. The van der Waals surface area contributed by atoms with E-state index in [9.17, 15) is 18.0 Å². The molecule has 1 aromatic rings. The van der Waals surface area contributed by atoms with Crippen molar-refractivity contribution in [3.63, 3.8) is 0 Å². The summed E-state index contributed by atoms with van der Waals surface area (Å²) in [6.45, 7) is 0.0677. The van der Waals surface area contributed by atoms with Crippen LogP contribution >= 0.6 is 0 Å². The second-order valence-corrected chi connectivity index (χ2v) is 8.35. The summed E-state index contributed by atoms with van der Waals surface area (Å²) in [6.07, 6.45) is 3.81. The normalized spacial score (nSPS) is 19.8. The van der Waals surface area contributed by atoms with Gasteiger partial charge >= 0.3 is 6.09 Å². The van der Waals surface area contributed by atoms with Crippen molar-refractivity contribution in [2.45, 2.75) is 43.0 Å². The second-order valence-electron chi connectivity index (χ2n) is 6.70. The molecule has 27 heavy (non-hydrogen) atoms. The molecule has 146 valence electrons. The third kappa shape index (κ3) is 4.57. The zero-order valence-electron chi connectivity index (χ0n) is 14.6. The van der Waals surface area contributed by atoms with Gasteiger partial charge in [0.05, 0.1) is 11.7 Å². The van der Waals surface area contributed by atoms with Gasteiger partial charge in [0, 0.05) is 6.54 Å². The highest BCUT2D eigenvalue weighted by Gasteiger charge is 2.30. The number of para-hydroxylation sites is 1. The number of carboxylic acid groups (broad SMARTS) is 1. The lowest BCUT2D eigenvalue weighted by Gasteiger charge is -2.30.